The van der Waals surface area contributed by atoms with Crippen LogP contribution in [0.5, 0.6) is 5.75 Å². The van der Waals surface area contributed by atoms with Crippen LogP contribution in [-0.4, -0.2) is 23.9 Å². The molecule has 2 atom stereocenters. The van der Waals surface area contributed by atoms with Crippen molar-refractivity contribution in [3.63, 3.8) is 0 Å². The topological polar surface area (TPSA) is 41.5 Å². The molecular formula is C18H29NO2. The predicted molar refractivity (Wildman–Crippen MR) is 86.5 cm³/mol. The minimum Gasteiger partial charge on any atom is -0.494 e. The Hall–Kier alpha value is -1.06. The lowest BCUT2D eigenvalue weighted by atomic mass is 9.79. The third-order valence-corrected chi connectivity index (χ3v) is 4.25. The molecule has 0 spiro atoms. The van der Waals surface area contributed by atoms with Crippen LogP contribution < -0.4 is 10.1 Å². The van der Waals surface area contributed by atoms with Crippen LogP contribution in [0.2, 0.25) is 0 Å². The number of hydrogen-bond donors (Lipinski definition) is 2. The maximum absolute atomic E-state index is 10.6. The lowest BCUT2D eigenvalue weighted by molar-refractivity contribution is -0.0119. The van der Waals surface area contributed by atoms with Crippen molar-refractivity contribution in [2.24, 2.45) is 5.92 Å². The summed E-state index contributed by atoms with van der Waals surface area (Å²) in [4.78, 5) is 0. The minimum atomic E-state index is -0.512. The molecule has 2 unspecified atom stereocenters. The molecule has 3 heteroatoms. The summed E-state index contributed by atoms with van der Waals surface area (Å²) in [6.45, 7) is 6.59. The van der Waals surface area contributed by atoms with E-state index in [9.17, 15) is 5.11 Å². The van der Waals surface area contributed by atoms with E-state index in [1.54, 1.807) is 0 Å². The number of benzene rings is 1. The van der Waals surface area contributed by atoms with Crippen LogP contribution in [0.4, 0.5) is 0 Å². The average molecular weight is 291 g/mol. The highest BCUT2D eigenvalue weighted by Crippen LogP contribution is 2.31. The predicted octanol–water partition coefficient (Wildman–Crippen LogP) is 3.51. The zero-order valence-corrected chi connectivity index (χ0v) is 13.4. The summed E-state index contributed by atoms with van der Waals surface area (Å²) in [7, 11) is 0. The lowest BCUT2D eigenvalue weighted by Gasteiger charge is -2.35. The van der Waals surface area contributed by atoms with E-state index in [2.05, 4.69) is 31.3 Å². The van der Waals surface area contributed by atoms with Gasteiger partial charge >= 0.3 is 0 Å². The maximum Gasteiger partial charge on any atom is 0.119 e. The molecule has 1 fully saturated rings. The van der Waals surface area contributed by atoms with Crippen molar-refractivity contribution in [3.8, 4) is 5.75 Å². The van der Waals surface area contributed by atoms with Crippen molar-refractivity contribution in [1.82, 2.24) is 5.32 Å². The first-order chi connectivity index (χ1) is 10.1. The molecule has 0 bridgehead atoms. The van der Waals surface area contributed by atoms with Gasteiger partial charge in [0.15, 0.2) is 0 Å². The van der Waals surface area contributed by atoms with Gasteiger partial charge in [0, 0.05) is 13.1 Å². The fourth-order valence-electron chi connectivity index (χ4n) is 3.16. The Labute approximate surface area is 128 Å². The van der Waals surface area contributed by atoms with Gasteiger partial charge in [0.05, 0.1) is 12.2 Å². The number of hydrogen-bond acceptors (Lipinski definition) is 3. The molecule has 0 aliphatic heterocycles. The van der Waals surface area contributed by atoms with E-state index >= 15 is 0 Å². The van der Waals surface area contributed by atoms with Gasteiger partial charge in [-0.3, -0.25) is 0 Å². The van der Waals surface area contributed by atoms with Crippen molar-refractivity contribution >= 4 is 0 Å². The van der Waals surface area contributed by atoms with Gasteiger partial charge in [-0.25, -0.2) is 0 Å². The van der Waals surface area contributed by atoms with Crippen LogP contribution in [0.3, 0.4) is 0 Å². The Morgan fingerprint density at radius 3 is 2.76 bits per heavy atom. The van der Waals surface area contributed by atoms with E-state index in [0.717, 1.165) is 44.6 Å². The number of ether oxygens (including phenoxy) is 1. The molecule has 2 N–H and O–H groups in total. The van der Waals surface area contributed by atoms with Gasteiger partial charge in [0.1, 0.15) is 5.75 Å². The number of aliphatic hydroxyl groups is 1. The molecule has 1 aliphatic rings. The Morgan fingerprint density at radius 2 is 2.10 bits per heavy atom. The molecule has 1 aliphatic carbocycles. The molecule has 1 aromatic carbocycles. The highest BCUT2D eigenvalue weighted by Gasteiger charge is 2.31. The molecule has 118 valence electrons. The van der Waals surface area contributed by atoms with Crippen LogP contribution in [0.15, 0.2) is 24.3 Å². The van der Waals surface area contributed by atoms with Gasteiger partial charge in [0.2, 0.25) is 0 Å². The fraction of sp³-hybridized carbons (Fsp3) is 0.667. The lowest BCUT2D eigenvalue weighted by Crippen LogP contribution is -2.43. The molecular weight excluding hydrogens is 262 g/mol. The van der Waals surface area contributed by atoms with Crippen LogP contribution >= 0.6 is 0 Å². The summed E-state index contributed by atoms with van der Waals surface area (Å²) in [6, 6.07) is 8.21. The Morgan fingerprint density at radius 1 is 1.33 bits per heavy atom. The first-order valence-corrected chi connectivity index (χ1v) is 8.26. The third kappa shape index (κ3) is 5.33. The Bertz CT molecular complexity index is 418. The normalized spacial score (nSPS) is 25.8. The van der Waals surface area contributed by atoms with Gasteiger partial charge in [-0.05, 0) is 42.9 Å². The molecule has 0 amide bonds. The minimum absolute atomic E-state index is 0.512. The zero-order chi connectivity index (χ0) is 15.1. The Kier molecular flexibility index (Phi) is 6.07. The van der Waals surface area contributed by atoms with Crippen molar-refractivity contribution in [1.29, 1.82) is 0 Å². The standard InChI is InChI=1S/C18H29NO2/c1-3-11-21-17-8-6-16(7-9-17)13-19-14-18(20)10-4-5-15(2)12-18/h6-9,15,19-20H,3-5,10-14H2,1-2H3. The summed E-state index contributed by atoms with van der Waals surface area (Å²) < 4.78 is 5.58. The maximum atomic E-state index is 10.6. The SMILES string of the molecule is CCCOc1ccc(CNCC2(O)CCCC(C)C2)cc1. The number of nitrogens with one attached hydrogen (secondary N) is 1. The summed E-state index contributed by atoms with van der Waals surface area (Å²) >= 11 is 0. The van der Waals surface area contributed by atoms with Gasteiger partial charge in [0.25, 0.3) is 0 Å². The first kappa shape index (κ1) is 16.3. The summed E-state index contributed by atoms with van der Waals surface area (Å²) in [5.41, 5.74) is 0.716. The largest absolute Gasteiger partial charge is 0.494 e. The van der Waals surface area contributed by atoms with Gasteiger partial charge < -0.3 is 15.2 Å². The molecule has 1 saturated carbocycles. The summed E-state index contributed by atoms with van der Waals surface area (Å²) in [6.07, 6.45) is 5.27. The molecule has 1 aromatic rings. The highest BCUT2D eigenvalue weighted by molar-refractivity contribution is 5.27. The smallest absolute Gasteiger partial charge is 0.119 e. The molecule has 0 saturated heterocycles. The molecule has 3 nitrogen and oxygen atoms in total. The van der Waals surface area contributed by atoms with E-state index < -0.39 is 5.60 Å². The summed E-state index contributed by atoms with van der Waals surface area (Å²) in [5.74, 6) is 1.57. The fourth-order valence-corrected chi connectivity index (χ4v) is 3.16. The van der Waals surface area contributed by atoms with Crippen LogP contribution in [0, 0.1) is 5.92 Å². The second-order valence-corrected chi connectivity index (χ2v) is 6.52. The number of rotatable bonds is 7. The van der Waals surface area contributed by atoms with Gasteiger partial charge in [-0.15, -0.1) is 0 Å². The molecule has 2 rings (SSSR count). The van der Waals surface area contributed by atoms with Crippen molar-refractivity contribution in [2.45, 2.75) is 58.1 Å². The van der Waals surface area contributed by atoms with E-state index in [0.29, 0.717) is 12.5 Å². The third-order valence-electron chi connectivity index (χ3n) is 4.25. The van der Waals surface area contributed by atoms with Crippen LogP contribution in [0.1, 0.15) is 51.5 Å². The molecule has 0 radical (unpaired) electrons. The van der Waals surface area contributed by atoms with Gasteiger partial charge in [-0.1, -0.05) is 38.8 Å². The highest BCUT2D eigenvalue weighted by atomic mass is 16.5. The average Bonchev–Trinajstić information content (AvgIpc) is 2.46. The monoisotopic (exact) mass is 291 g/mol. The quantitative estimate of drug-likeness (QED) is 0.808. The van der Waals surface area contributed by atoms with E-state index in [1.807, 2.05) is 12.1 Å². The summed E-state index contributed by atoms with van der Waals surface area (Å²) in [5, 5.41) is 14.0. The van der Waals surface area contributed by atoms with Crippen molar-refractivity contribution < 1.29 is 9.84 Å². The van der Waals surface area contributed by atoms with E-state index in [1.165, 1.54) is 12.0 Å². The van der Waals surface area contributed by atoms with Crippen LogP contribution in [0.25, 0.3) is 0 Å². The molecule has 0 aromatic heterocycles. The molecule has 21 heavy (non-hydrogen) atoms. The zero-order valence-electron chi connectivity index (χ0n) is 13.4. The second-order valence-electron chi connectivity index (χ2n) is 6.52. The van der Waals surface area contributed by atoms with E-state index in [-0.39, 0.29) is 0 Å². The van der Waals surface area contributed by atoms with Gasteiger partial charge in [-0.2, -0.15) is 0 Å². The second kappa shape index (κ2) is 7.81. The molecule has 0 heterocycles. The van der Waals surface area contributed by atoms with E-state index in [4.69, 9.17) is 4.74 Å². The first-order valence-electron chi connectivity index (χ1n) is 8.26. The van der Waals surface area contributed by atoms with Crippen molar-refractivity contribution in [2.75, 3.05) is 13.2 Å². The van der Waals surface area contributed by atoms with Crippen LogP contribution in [-0.2, 0) is 6.54 Å². The Balaban J connectivity index is 1.75. The van der Waals surface area contributed by atoms with Crippen molar-refractivity contribution in [3.05, 3.63) is 29.8 Å².